The van der Waals surface area contributed by atoms with Gasteiger partial charge in [0.05, 0.1) is 12.1 Å². The Balaban J connectivity index is 2.03. The maximum absolute atomic E-state index is 12.2. The second-order valence-electron chi connectivity index (χ2n) is 3.99. The first-order valence-electron chi connectivity index (χ1n) is 6.04. The smallest absolute Gasteiger partial charge is 0.253 e. The molecule has 0 saturated carbocycles. The molecule has 1 aromatic heterocycles. The van der Waals surface area contributed by atoms with Gasteiger partial charge in [-0.05, 0) is 41.1 Å². The molecule has 0 spiro atoms. The lowest BCUT2D eigenvalue weighted by molar-refractivity contribution is 0.0952. The van der Waals surface area contributed by atoms with Gasteiger partial charge in [0.25, 0.3) is 5.91 Å². The lowest BCUT2D eigenvalue weighted by Gasteiger charge is -2.10. The average Bonchev–Trinajstić information content (AvgIpc) is 2.83. The Morgan fingerprint density at radius 2 is 2.16 bits per heavy atom. The fourth-order valence-electron chi connectivity index (χ4n) is 1.73. The van der Waals surface area contributed by atoms with Gasteiger partial charge >= 0.3 is 0 Å². The lowest BCUT2D eigenvalue weighted by atomic mass is 10.1. The molecule has 2 N–H and O–H groups in total. The van der Waals surface area contributed by atoms with Crippen LogP contribution in [0.5, 0.6) is 0 Å². The number of rotatable bonds is 5. The van der Waals surface area contributed by atoms with Crippen LogP contribution >= 0.6 is 27.3 Å². The van der Waals surface area contributed by atoms with Crippen molar-refractivity contribution in [3.8, 4) is 0 Å². The van der Waals surface area contributed by atoms with Gasteiger partial charge in [-0.1, -0.05) is 12.1 Å². The van der Waals surface area contributed by atoms with Crippen molar-refractivity contribution in [2.75, 3.05) is 11.9 Å². The molecule has 5 heteroatoms. The van der Waals surface area contributed by atoms with Crippen LogP contribution in [0.3, 0.4) is 0 Å². The number of thiophene rings is 1. The number of nitrogens with one attached hydrogen (secondary N) is 2. The van der Waals surface area contributed by atoms with E-state index in [1.54, 1.807) is 11.3 Å². The van der Waals surface area contributed by atoms with Crippen molar-refractivity contribution in [3.63, 3.8) is 0 Å². The van der Waals surface area contributed by atoms with Crippen LogP contribution in [0, 0.1) is 0 Å². The summed E-state index contributed by atoms with van der Waals surface area (Å²) in [5.41, 5.74) is 1.55. The fraction of sp³-hybridized carbons (Fsp3) is 0.214. The predicted molar refractivity (Wildman–Crippen MR) is 83.8 cm³/mol. The Hall–Kier alpha value is -1.33. The summed E-state index contributed by atoms with van der Waals surface area (Å²) in [5.74, 6) is -0.0546. The molecule has 0 saturated heterocycles. The zero-order chi connectivity index (χ0) is 13.7. The average molecular weight is 339 g/mol. The molecular weight excluding hydrogens is 324 g/mol. The molecule has 0 aliphatic heterocycles. The molecule has 2 rings (SSSR count). The minimum Gasteiger partial charge on any atom is -0.385 e. The van der Waals surface area contributed by atoms with Crippen LogP contribution < -0.4 is 10.6 Å². The summed E-state index contributed by atoms with van der Waals surface area (Å²) in [6, 6.07) is 9.56. The normalized spacial score (nSPS) is 10.2. The number of carbonyl (C=O) groups is 1. The van der Waals surface area contributed by atoms with E-state index in [2.05, 4.69) is 26.6 Å². The van der Waals surface area contributed by atoms with Crippen LogP contribution in [0.1, 0.15) is 22.2 Å². The van der Waals surface area contributed by atoms with Gasteiger partial charge in [0.1, 0.15) is 0 Å². The van der Waals surface area contributed by atoms with Crippen molar-refractivity contribution in [2.45, 2.75) is 13.5 Å². The molecule has 0 fully saturated rings. The number of hydrogen-bond donors (Lipinski definition) is 2. The molecule has 3 nitrogen and oxygen atoms in total. The fourth-order valence-corrected chi connectivity index (χ4v) is 3.13. The summed E-state index contributed by atoms with van der Waals surface area (Å²) >= 11 is 5.03. The van der Waals surface area contributed by atoms with Crippen molar-refractivity contribution < 1.29 is 4.79 Å². The second-order valence-corrected chi connectivity index (χ2v) is 5.90. The first kappa shape index (κ1) is 14.1. The monoisotopic (exact) mass is 338 g/mol. The zero-order valence-corrected chi connectivity index (χ0v) is 13.0. The molecule has 0 atom stereocenters. The van der Waals surface area contributed by atoms with Gasteiger partial charge in [-0.25, -0.2) is 0 Å². The largest absolute Gasteiger partial charge is 0.385 e. The summed E-state index contributed by atoms with van der Waals surface area (Å²) < 4.78 is 1.05. The topological polar surface area (TPSA) is 41.1 Å². The second kappa shape index (κ2) is 6.73. The summed E-state index contributed by atoms with van der Waals surface area (Å²) in [7, 11) is 0. The van der Waals surface area contributed by atoms with Crippen LogP contribution in [0.2, 0.25) is 0 Å². The Kier molecular flexibility index (Phi) is 4.99. The minimum absolute atomic E-state index is 0.0546. The summed E-state index contributed by atoms with van der Waals surface area (Å²) in [6.07, 6.45) is 0. The minimum atomic E-state index is -0.0546. The van der Waals surface area contributed by atoms with Crippen molar-refractivity contribution in [1.29, 1.82) is 0 Å². The van der Waals surface area contributed by atoms with Gasteiger partial charge in [0.15, 0.2) is 0 Å². The first-order chi connectivity index (χ1) is 9.20. The molecule has 19 heavy (non-hydrogen) atoms. The third kappa shape index (κ3) is 3.81. The van der Waals surface area contributed by atoms with E-state index in [4.69, 9.17) is 0 Å². The third-order valence-corrected chi connectivity index (χ3v) is 4.28. The summed E-state index contributed by atoms with van der Waals surface area (Å²) in [5, 5.41) is 8.14. The van der Waals surface area contributed by atoms with E-state index in [0.29, 0.717) is 12.1 Å². The highest BCUT2D eigenvalue weighted by molar-refractivity contribution is 9.10. The molecule has 0 aliphatic rings. The molecule has 1 aromatic carbocycles. The number of halogens is 1. The molecular formula is C14H15BrN2OS. The van der Waals surface area contributed by atoms with Crippen molar-refractivity contribution in [1.82, 2.24) is 5.32 Å². The maximum Gasteiger partial charge on any atom is 0.253 e. The van der Waals surface area contributed by atoms with Gasteiger partial charge in [-0.15, -0.1) is 11.3 Å². The lowest BCUT2D eigenvalue weighted by Crippen LogP contribution is -2.23. The standard InChI is InChI=1S/C14H15BrN2OS/c1-2-16-13-6-4-3-5-12(13)14(18)17-8-11-7-10(15)9-19-11/h3-7,9,16H,2,8H2,1H3,(H,17,18). The number of carbonyl (C=O) groups excluding carboxylic acids is 1. The Labute approximate surface area is 125 Å². The van der Waals surface area contributed by atoms with Gasteiger partial charge in [0, 0.05) is 27.0 Å². The molecule has 1 amide bonds. The van der Waals surface area contributed by atoms with Crippen LogP contribution in [0.25, 0.3) is 0 Å². The highest BCUT2D eigenvalue weighted by Crippen LogP contribution is 2.20. The van der Waals surface area contributed by atoms with Gasteiger partial charge in [-0.3, -0.25) is 4.79 Å². The third-order valence-electron chi connectivity index (χ3n) is 2.58. The van der Waals surface area contributed by atoms with Crippen molar-refractivity contribution >= 4 is 38.9 Å². The Bertz CT molecular complexity index is 568. The van der Waals surface area contributed by atoms with Gasteiger partial charge in [-0.2, -0.15) is 0 Å². The van der Waals surface area contributed by atoms with E-state index in [9.17, 15) is 4.79 Å². The van der Waals surface area contributed by atoms with Crippen molar-refractivity contribution in [2.24, 2.45) is 0 Å². The van der Waals surface area contributed by atoms with E-state index in [-0.39, 0.29) is 5.91 Å². The van der Waals surface area contributed by atoms with E-state index in [1.165, 1.54) is 0 Å². The Morgan fingerprint density at radius 3 is 2.84 bits per heavy atom. The van der Waals surface area contributed by atoms with E-state index < -0.39 is 0 Å². The summed E-state index contributed by atoms with van der Waals surface area (Å²) in [6.45, 7) is 3.36. The van der Waals surface area contributed by atoms with Crippen LogP contribution in [-0.2, 0) is 6.54 Å². The zero-order valence-electron chi connectivity index (χ0n) is 10.6. The maximum atomic E-state index is 12.2. The molecule has 0 radical (unpaired) electrons. The van der Waals surface area contributed by atoms with Crippen LogP contribution in [0.4, 0.5) is 5.69 Å². The highest BCUT2D eigenvalue weighted by atomic mass is 79.9. The quantitative estimate of drug-likeness (QED) is 0.868. The van der Waals surface area contributed by atoms with Gasteiger partial charge < -0.3 is 10.6 Å². The number of benzene rings is 1. The van der Waals surface area contributed by atoms with E-state index >= 15 is 0 Å². The number of amides is 1. The molecule has 0 bridgehead atoms. The molecule has 0 unspecified atom stereocenters. The SMILES string of the molecule is CCNc1ccccc1C(=O)NCc1cc(Br)cs1. The molecule has 100 valence electrons. The highest BCUT2D eigenvalue weighted by Gasteiger charge is 2.10. The van der Waals surface area contributed by atoms with Crippen molar-refractivity contribution in [3.05, 3.63) is 50.6 Å². The predicted octanol–water partition coefficient (Wildman–Crippen LogP) is 3.87. The molecule has 1 heterocycles. The number of para-hydroxylation sites is 1. The van der Waals surface area contributed by atoms with Crippen LogP contribution in [-0.4, -0.2) is 12.5 Å². The first-order valence-corrected chi connectivity index (χ1v) is 7.72. The van der Waals surface area contributed by atoms with Gasteiger partial charge in [0.2, 0.25) is 0 Å². The number of hydrogen-bond acceptors (Lipinski definition) is 3. The Morgan fingerprint density at radius 1 is 1.37 bits per heavy atom. The summed E-state index contributed by atoms with van der Waals surface area (Å²) in [4.78, 5) is 13.3. The number of anilines is 1. The van der Waals surface area contributed by atoms with E-state index in [0.717, 1.165) is 21.6 Å². The van der Waals surface area contributed by atoms with E-state index in [1.807, 2.05) is 42.6 Å². The molecule has 2 aromatic rings. The molecule has 0 aliphatic carbocycles. The van der Waals surface area contributed by atoms with Crippen LogP contribution in [0.15, 0.2) is 40.2 Å².